The fourth-order valence-electron chi connectivity index (χ4n) is 5.41. The van der Waals surface area contributed by atoms with Crippen molar-refractivity contribution in [2.24, 2.45) is 0 Å². The van der Waals surface area contributed by atoms with Crippen LogP contribution in [0.4, 0.5) is 0 Å². The first kappa shape index (κ1) is 19.7. The number of aromatic nitrogens is 4. The molecule has 2 aromatic carbocycles. The molecule has 0 N–H and O–H groups in total. The van der Waals surface area contributed by atoms with Crippen LogP contribution in [0, 0.1) is 6.92 Å². The number of ether oxygens (including phenoxy) is 1. The van der Waals surface area contributed by atoms with E-state index in [1.807, 2.05) is 23.6 Å². The van der Waals surface area contributed by atoms with Gasteiger partial charge in [0, 0.05) is 35.5 Å². The monoisotopic (exact) mass is 427 g/mol. The van der Waals surface area contributed by atoms with Crippen molar-refractivity contribution in [2.75, 3.05) is 13.1 Å². The number of nitrogens with zero attached hydrogens (tertiary/aromatic N) is 5. The van der Waals surface area contributed by atoms with E-state index >= 15 is 0 Å². The lowest BCUT2D eigenvalue weighted by Crippen LogP contribution is -2.43. The van der Waals surface area contributed by atoms with Gasteiger partial charge in [0.25, 0.3) is 0 Å². The maximum absolute atomic E-state index is 6.35. The summed E-state index contributed by atoms with van der Waals surface area (Å²) in [6, 6.07) is 17.5. The van der Waals surface area contributed by atoms with Gasteiger partial charge in [-0.2, -0.15) is 9.61 Å². The topological polar surface area (TPSA) is 55.6 Å². The molecule has 1 saturated heterocycles. The minimum absolute atomic E-state index is 0.313. The van der Waals surface area contributed by atoms with Crippen molar-refractivity contribution in [3.8, 4) is 17.0 Å². The summed E-state index contributed by atoms with van der Waals surface area (Å²) in [5.74, 6) is 1.73. The third kappa shape index (κ3) is 3.52. The molecule has 164 valence electrons. The molecule has 2 fully saturated rings. The first-order valence-electron chi connectivity index (χ1n) is 11.9. The Bertz CT molecular complexity index is 1230. The molecular formula is C26H29N5O. The van der Waals surface area contributed by atoms with Gasteiger partial charge in [-0.1, -0.05) is 37.1 Å². The third-order valence-corrected chi connectivity index (χ3v) is 7.17. The maximum atomic E-state index is 6.35. The van der Waals surface area contributed by atoms with E-state index in [0.29, 0.717) is 6.10 Å². The van der Waals surface area contributed by atoms with Gasteiger partial charge in [-0.05, 0) is 56.9 Å². The molecule has 0 unspecified atom stereocenters. The first-order chi connectivity index (χ1) is 15.8. The number of hydrogen-bond donors (Lipinski definition) is 0. The smallest absolute Gasteiger partial charge is 0.185 e. The van der Waals surface area contributed by atoms with Crippen LogP contribution in [-0.2, 0) is 0 Å². The Labute approximate surface area is 188 Å². The van der Waals surface area contributed by atoms with Gasteiger partial charge in [0.05, 0.1) is 5.69 Å². The molecule has 4 aromatic rings. The van der Waals surface area contributed by atoms with Crippen LogP contribution in [0.3, 0.4) is 0 Å². The Balaban J connectivity index is 1.21. The van der Waals surface area contributed by atoms with Gasteiger partial charge in [0.1, 0.15) is 11.9 Å². The predicted octanol–water partition coefficient (Wildman–Crippen LogP) is 5.04. The van der Waals surface area contributed by atoms with Crippen LogP contribution in [-0.4, -0.2) is 49.9 Å². The molecule has 2 aliphatic rings. The Hall–Kier alpha value is -2.99. The minimum atomic E-state index is 0.313. The van der Waals surface area contributed by atoms with Gasteiger partial charge in [-0.3, -0.25) is 0 Å². The summed E-state index contributed by atoms with van der Waals surface area (Å²) in [7, 11) is 0. The number of fused-ring (bicyclic) bond motifs is 3. The summed E-state index contributed by atoms with van der Waals surface area (Å²) in [5.41, 5.74) is 2.80. The van der Waals surface area contributed by atoms with E-state index < -0.39 is 0 Å². The largest absolute Gasteiger partial charge is 0.490 e. The molecule has 6 rings (SSSR count). The van der Waals surface area contributed by atoms with Gasteiger partial charge in [0.15, 0.2) is 11.5 Å². The number of rotatable bonds is 4. The fraction of sp³-hybridized carbons (Fsp3) is 0.423. The van der Waals surface area contributed by atoms with E-state index in [4.69, 9.17) is 9.84 Å². The third-order valence-electron chi connectivity index (χ3n) is 7.17. The Morgan fingerprint density at radius 2 is 1.56 bits per heavy atom. The molecule has 1 aliphatic carbocycles. The highest BCUT2D eigenvalue weighted by Gasteiger charge is 2.27. The molecule has 0 atom stereocenters. The lowest BCUT2D eigenvalue weighted by molar-refractivity contribution is 0.0768. The molecule has 32 heavy (non-hydrogen) atoms. The summed E-state index contributed by atoms with van der Waals surface area (Å²) in [4.78, 5) is 2.69. The molecule has 6 nitrogen and oxygen atoms in total. The van der Waals surface area contributed by atoms with Crippen LogP contribution >= 0.6 is 0 Å². The quantitative estimate of drug-likeness (QED) is 0.457. The summed E-state index contributed by atoms with van der Waals surface area (Å²) in [6.07, 6.45) is 8.13. The van der Waals surface area contributed by atoms with Crippen LogP contribution in [0.15, 0.2) is 48.5 Å². The highest BCUT2D eigenvalue weighted by atomic mass is 16.5. The molecule has 0 radical (unpaired) electrons. The van der Waals surface area contributed by atoms with Crippen LogP contribution in [0.2, 0.25) is 0 Å². The standard InChI is InChI=1S/C26H29N5O/c1-18-27-28-26-24-9-5-4-8-23(24)25(29-31(18)26)19-10-12-21(13-11-19)32-22-14-16-30(17-15-22)20-6-2-3-7-20/h4-5,8-13,20,22H,2-3,6-7,14-17H2,1H3. The summed E-state index contributed by atoms with van der Waals surface area (Å²) < 4.78 is 8.18. The number of hydrogen-bond acceptors (Lipinski definition) is 5. The number of likely N-dealkylation sites (tertiary alicyclic amines) is 1. The summed E-state index contributed by atoms with van der Waals surface area (Å²) in [6.45, 7) is 4.27. The molecule has 0 bridgehead atoms. The number of aryl methyl sites for hydroxylation is 1. The molecule has 0 amide bonds. The van der Waals surface area contributed by atoms with Crippen LogP contribution in [0.1, 0.15) is 44.3 Å². The van der Waals surface area contributed by atoms with Crippen molar-refractivity contribution in [1.29, 1.82) is 0 Å². The second-order valence-corrected chi connectivity index (χ2v) is 9.19. The number of piperidine rings is 1. The second kappa shape index (κ2) is 8.17. The fourth-order valence-corrected chi connectivity index (χ4v) is 5.41. The molecule has 1 saturated carbocycles. The average Bonchev–Trinajstić information content (AvgIpc) is 3.50. The Morgan fingerprint density at radius 1 is 0.844 bits per heavy atom. The normalized spacial score (nSPS) is 18.7. The van der Waals surface area contributed by atoms with Gasteiger partial charge in [0.2, 0.25) is 0 Å². The van der Waals surface area contributed by atoms with Gasteiger partial charge < -0.3 is 9.64 Å². The summed E-state index contributed by atoms with van der Waals surface area (Å²) >= 11 is 0. The zero-order valence-corrected chi connectivity index (χ0v) is 18.6. The Kier molecular flexibility index (Phi) is 5.02. The van der Waals surface area contributed by atoms with Crippen molar-refractivity contribution in [2.45, 2.75) is 57.6 Å². The van der Waals surface area contributed by atoms with E-state index in [-0.39, 0.29) is 0 Å². The lowest BCUT2D eigenvalue weighted by Gasteiger charge is -2.36. The lowest BCUT2D eigenvalue weighted by atomic mass is 10.0. The van der Waals surface area contributed by atoms with E-state index in [2.05, 4.69) is 51.5 Å². The van der Waals surface area contributed by atoms with E-state index in [9.17, 15) is 0 Å². The van der Waals surface area contributed by atoms with Crippen molar-refractivity contribution < 1.29 is 4.74 Å². The molecule has 3 heterocycles. The molecule has 0 spiro atoms. The van der Waals surface area contributed by atoms with Crippen LogP contribution in [0.25, 0.3) is 27.7 Å². The molecular weight excluding hydrogens is 398 g/mol. The minimum Gasteiger partial charge on any atom is -0.490 e. The highest BCUT2D eigenvalue weighted by molar-refractivity contribution is 6.01. The zero-order valence-electron chi connectivity index (χ0n) is 18.6. The maximum Gasteiger partial charge on any atom is 0.185 e. The Morgan fingerprint density at radius 3 is 2.31 bits per heavy atom. The van der Waals surface area contributed by atoms with Crippen molar-refractivity contribution in [3.63, 3.8) is 0 Å². The van der Waals surface area contributed by atoms with Crippen molar-refractivity contribution in [1.82, 2.24) is 24.7 Å². The van der Waals surface area contributed by atoms with Crippen LogP contribution in [0.5, 0.6) is 5.75 Å². The average molecular weight is 428 g/mol. The molecule has 2 aromatic heterocycles. The first-order valence-corrected chi connectivity index (χ1v) is 11.9. The van der Waals surface area contributed by atoms with E-state index in [0.717, 1.165) is 58.1 Å². The predicted molar refractivity (Wildman–Crippen MR) is 126 cm³/mol. The van der Waals surface area contributed by atoms with Gasteiger partial charge in [-0.15, -0.1) is 10.2 Å². The zero-order chi connectivity index (χ0) is 21.5. The SMILES string of the molecule is Cc1nnc2c3ccccc3c(-c3ccc(OC4CCN(C5CCCC5)CC4)cc3)nn12. The molecule has 6 heteroatoms. The molecule has 1 aliphatic heterocycles. The van der Waals surface area contributed by atoms with Gasteiger partial charge in [-0.25, -0.2) is 0 Å². The summed E-state index contributed by atoms with van der Waals surface area (Å²) in [5, 5.41) is 15.6. The van der Waals surface area contributed by atoms with E-state index in [1.54, 1.807) is 0 Å². The van der Waals surface area contributed by atoms with Crippen LogP contribution < -0.4 is 4.74 Å². The highest BCUT2D eigenvalue weighted by Crippen LogP contribution is 2.31. The van der Waals surface area contributed by atoms with E-state index in [1.165, 1.54) is 38.8 Å². The second-order valence-electron chi connectivity index (χ2n) is 9.19. The van der Waals surface area contributed by atoms with Gasteiger partial charge >= 0.3 is 0 Å². The number of benzene rings is 2. The van der Waals surface area contributed by atoms with Crippen molar-refractivity contribution >= 4 is 16.4 Å². The van der Waals surface area contributed by atoms with Crippen molar-refractivity contribution in [3.05, 3.63) is 54.4 Å².